The van der Waals surface area contributed by atoms with E-state index in [2.05, 4.69) is 4.90 Å². The van der Waals surface area contributed by atoms with Gasteiger partial charge in [0.1, 0.15) is 0 Å². The van der Waals surface area contributed by atoms with Crippen LogP contribution in [0.5, 0.6) is 0 Å². The summed E-state index contributed by atoms with van der Waals surface area (Å²) in [6.45, 7) is 3.44. The molecule has 0 amide bonds. The fraction of sp³-hybridized carbons (Fsp3) is 0.409. The maximum Gasteiger partial charge on any atom is 0.330 e. The number of piperidine rings is 1. The summed E-state index contributed by atoms with van der Waals surface area (Å²) < 4.78 is 4.56. The van der Waals surface area contributed by atoms with Gasteiger partial charge in [0.25, 0.3) is 11.1 Å². The molecule has 3 heterocycles. The first-order valence-corrected chi connectivity index (χ1v) is 10.3. The van der Waals surface area contributed by atoms with Gasteiger partial charge in [-0.3, -0.25) is 28.4 Å². The van der Waals surface area contributed by atoms with Crippen LogP contribution in [0.15, 0.2) is 42.7 Å². The fourth-order valence-electron chi connectivity index (χ4n) is 3.83. The van der Waals surface area contributed by atoms with E-state index in [1.54, 1.807) is 0 Å². The molecule has 0 bridgehead atoms. The van der Waals surface area contributed by atoms with Crippen molar-refractivity contribution in [3.63, 3.8) is 0 Å². The Labute approximate surface area is 183 Å². The summed E-state index contributed by atoms with van der Waals surface area (Å²) in [5, 5.41) is 0. The molecule has 0 saturated carbocycles. The molecule has 1 fully saturated rings. The molecule has 0 aromatic carbocycles. The predicted molar refractivity (Wildman–Crippen MR) is 122 cm³/mol. The van der Waals surface area contributed by atoms with Crippen molar-refractivity contribution in [3.8, 4) is 0 Å². The summed E-state index contributed by atoms with van der Waals surface area (Å²) >= 11 is 0. The van der Waals surface area contributed by atoms with Crippen LogP contribution in [0.3, 0.4) is 0 Å². The van der Waals surface area contributed by atoms with Gasteiger partial charge in [0.05, 0.1) is 11.1 Å². The molecular weight excluding hydrogens is 414 g/mol. The Morgan fingerprint density at radius 2 is 1.16 bits per heavy atom. The molecule has 1 aliphatic rings. The first-order valence-electron chi connectivity index (χ1n) is 10.3. The molecule has 1 aliphatic heterocycles. The van der Waals surface area contributed by atoms with Gasteiger partial charge in [-0.05, 0) is 25.1 Å². The van der Waals surface area contributed by atoms with Crippen LogP contribution in [0.25, 0.3) is 12.2 Å². The van der Waals surface area contributed by atoms with Crippen molar-refractivity contribution < 1.29 is 4.79 Å². The van der Waals surface area contributed by atoms with Gasteiger partial charge in [0.2, 0.25) is 0 Å². The SMILES string of the molecule is CCCN1C/C(=C/c2cn(C)c(=O)n(C)c2=O)C(=O)/C(=C\c2cn(C)c(=O)n(C)c2=O)C1. The Kier molecular flexibility index (Phi) is 6.45. The zero-order valence-electron chi connectivity index (χ0n) is 18.9. The van der Waals surface area contributed by atoms with Crippen molar-refractivity contribution in [2.75, 3.05) is 19.6 Å². The Hall–Kier alpha value is -3.53. The van der Waals surface area contributed by atoms with Crippen LogP contribution >= 0.6 is 0 Å². The Balaban J connectivity index is 2.15. The van der Waals surface area contributed by atoms with Crippen LogP contribution in [0.1, 0.15) is 24.5 Å². The van der Waals surface area contributed by atoms with Gasteiger partial charge in [-0.15, -0.1) is 0 Å². The molecule has 32 heavy (non-hydrogen) atoms. The van der Waals surface area contributed by atoms with E-state index in [1.165, 1.54) is 61.9 Å². The van der Waals surface area contributed by atoms with E-state index in [1.807, 2.05) is 6.92 Å². The largest absolute Gasteiger partial charge is 0.330 e. The molecule has 2 aromatic heterocycles. The van der Waals surface area contributed by atoms with Crippen molar-refractivity contribution in [2.45, 2.75) is 13.3 Å². The molecule has 0 radical (unpaired) electrons. The number of hydrogen-bond acceptors (Lipinski definition) is 6. The molecule has 0 atom stereocenters. The number of rotatable bonds is 4. The van der Waals surface area contributed by atoms with Gasteiger partial charge in [-0.2, -0.15) is 0 Å². The number of carbonyl (C=O) groups is 1. The van der Waals surface area contributed by atoms with E-state index in [4.69, 9.17) is 0 Å². The summed E-state index contributed by atoms with van der Waals surface area (Å²) in [5.41, 5.74) is -0.627. The number of carbonyl (C=O) groups excluding carboxylic acids is 1. The number of hydrogen-bond donors (Lipinski definition) is 0. The van der Waals surface area contributed by atoms with E-state index in [0.29, 0.717) is 24.2 Å². The van der Waals surface area contributed by atoms with Crippen LogP contribution in [-0.4, -0.2) is 48.6 Å². The third-order valence-electron chi connectivity index (χ3n) is 5.52. The number of likely N-dealkylation sites (tertiary alicyclic amines) is 1. The van der Waals surface area contributed by atoms with Crippen LogP contribution in [0, 0.1) is 0 Å². The quantitative estimate of drug-likeness (QED) is 0.578. The van der Waals surface area contributed by atoms with Gasteiger partial charge in [-0.25, -0.2) is 9.59 Å². The lowest BCUT2D eigenvalue weighted by atomic mass is 9.95. The summed E-state index contributed by atoms with van der Waals surface area (Å²) in [7, 11) is 5.85. The first-order chi connectivity index (χ1) is 15.0. The van der Waals surface area contributed by atoms with Gasteiger partial charge in [-0.1, -0.05) is 6.92 Å². The molecule has 0 N–H and O–H groups in total. The van der Waals surface area contributed by atoms with Crippen molar-refractivity contribution >= 4 is 17.9 Å². The van der Waals surface area contributed by atoms with E-state index in [-0.39, 0.29) is 16.9 Å². The van der Waals surface area contributed by atoms with Crippen molar-refractivity contribution in [1.29, 1.82) is 0 Å². The van der Waals surface area contributed by atoms with Crippen molar-refractivity contribution in [2.24, 2.45) is 28.2 Å². The molecule has 2 aromatic rings. The maximum absolute atomic E-state index is 13.3. The predicted octanol–water partition coefficient (Wildman–Crippen LogP) is -0.757. The van der Waals surface area contributed by atoms with Crippen molar-refractivity contribution in [1.82, 2.24) is 23.2 Å². The number of nitrogens with zero attached hydrogens (tertiary/aromatic N) is 5. The number of aryl methyl sites for hydroxylation is 2. The van der Waals surface area contributed by atoms with Gasteiger partial charge in [0.15, 0.2) is 5.78 Å². The van der Waals surface area contributed by atoms with Crippen LogP contribution in [0.2, 0.25) is 0 Å². The third kappa shape index (κ3) is 4.26. The lowest BCUT2D eigenvalue weighted by Gasteiger charge is -2.29. The summed E-state index contributed by atoms with van der Waals surface area (Å²) in [6, 6.07) is 0. The summed E-state index contributed by atoms with van der Waals surface area (Å²) in [6.07, 6.45) is 6.71. The second-order valence-corrected chi connectivity index (χ2v) is 8.06. The van der Waals surface area contributed by atoms with E-state index in [0.717, 1.165) is 22.1 Å². The zero-order valence-corrected chi connectivity index (χ0v) is 18.9. The average molecular weight is 441 g/mol. The molecule has 10 heteroatoms. The summed E-state index contributed by atoms with van der Waals surface area (Å²) in [5.74, 6) is -0.274. The van der Waals surface area contributed by atoms with E-state index >= 15 is 0 Å². The molecule has 3 rings (SSSR count). The second-order valence-electron chi connectivity index (χ2n) is 8.06. The molecule has 10 nitrogen and oxygen atoms in total. The number of Topliss-reactive ketones (excluding diaryl/α,β-unsaturated/α-hetero) is 1. The van der Waals surface area contributed by atoms with Gasteiger partial charge in [0, 0.05) is 64.8 Å². The highest BCUT2D eigenvalue weighted by Crippen LogP contribution is 2.21. The molecule has 170 valence electrons. The van der Waals surface area contributed by atoms with Crippen LogP contribution in [0.4, 0.5) is 0 Å². The number of aromatic nitrogens is 4. The normalized spacial score (nSPS) is 17.5. The molecule has 1 saturated heterocycles. The third-order valence-corrected chi connectivity index (χ3v) is 5.52. The highest BCUT2D eigenvalue weighted by Gasteiger charge is 2.26. The van der Waals surface area contributed by atoms with E-state index < -0.39 is 22.5 Å². The minimum atomic E-state index is -0.488. The van der Waals surface area contributed by atoms with Gasteiger partial charge < -0.3 is 9.13 Å². The zero-order chi connectivity index (χ0) is 23.7. The van der Waals surface area contributed by atoms with E-state index in [9.17, 15) is 24.0 Å². The fourth-order valence-corrected chi connectivity index (χ4v) is 3.83. The minimum Gasteiger partial charge on any atom is -0.303 e. The highest BCUT2D eigenvalue weighted by atomic mass is 16.2. The average Bonchev–Trinajstić information content (AvgIpc) is 2.75. The minimum absolute atomic E-state index is 0.230. The highest BCUT2D eigenvalue weighted by molar-refractivity contribution is 6.14. The molecule has 0 spiro atoms. The Bertz CT molecular complexity index is 1280. The molecular formula is C22H27N5O5. The standard InChI is InChI=1S/C22H27N5O5/c1-6-7-27-12-14(8-16-10-23(2)21(31)25(4)19(16)29)18(28)15(13-27)9-17-11-24(3)22(32)26(5)20(17)30/h8-11H,6-7,12-13H2,1-5H3/b14-8-,15-9-. The maximum atomic E-state index is 13.3. The smallest absolute Gasteiger partial charge is 0.303 e. The lowest BCUT2D eigenvalue weighted by Crippen LogP contribution is -2.40. The first kappa shape index (κ1) is 23.1. The van der Waals surface area contributed by atoms with Gasteiger partial charge >= 0.3 is 11.4 Å². The Morgan fingerprint density at radius 3 is 1.53 bits per heavy atom. The monoisotopic (exact) mass is 441 g/mol. The van der Waals surface area contributed by atoms with Crippen LogP contribution in [-0.2, 0) is 33.0 Å². The summed E-state index contributed by atoms with van der Waals surface area (Å²) in [4.78, 5) is 64.3. The molecule has 0 aliphatic carbocycles. The number of ketones is 1. The second kappa shape index (κ2) is 8.91. The Morgan fingerprint density at radius 1 is 0.750 bits per heavy atom. The van der Waals surface area contributed by atoms with Crippen LogP contribution < -0.4 is 22.5 Å². The van der Waals surface area contributed by atoms with Crippen molar-refractivity contribution in [3.05, 3.63) is 76.3 Å². The molecule has 0 unspecified atom stereocenters. The lowest BCUT2D eigenvalue weighted by molar-refractivity contribution is -0.113. The topological polar surface area (TPSA) is 108 Å².